The summed E-state index contributed by atoms with van der Waals surface area (Å²) in [7, 11) is 0. The third-order valence-electron chi connectivity index (χ3n) is 6.38. The first-order chi connectivity index (χ1) is 14.1. The fraction of sp³-hybridized carbons (Fsp3) is 0.429. The number of carbonyl (C=O) groups excluding carboxylic acids is 1. The van der Waals surface area contributed by atoms with Crippen LogP contribution in [0.5, 0.6) is 0 Å². The largest absolute Gasteiger partial charge is 0.381 e. The predicted octanol–water partition coefficient (Wildman–Crippen LogP) is 2.62. The molecule has 3 aliphatic rings. The first kappa shape index (κ1) is 18.0. The van der Waals surface area contributed by atoms with Crippen molar-refractivity contribution in [1.29, 1.82) is 0 Å². The summed E-state index contributed by atoms with van der Waals surface area (Å²) in [5.41, 5.74) is 6.70. The zero-order valence-electron chi connectivity index (χ0n) is 16.0. The van der Waals surface area contributed by atoms with Crippen molar-refractivity contribution in [3.8, 4) is 0 Å². The van der Waals surface area contributed by atoms with Crippen molar-refractivity contribution in [3.05, 3.63) is 47.9 Å². The van der Waals surface area contributed by atoms with E-state index in [2.05, 4.69) is 27.2 Å². The molecule has 29 heavy (non-hydrogen) atoms. The van der Waals surface area contributed by atoms with Gasteiger partial charge in [0.2, 0.25) is 11.9 Å². The fourth-order valence-corrected chi connectivity index (χ4v) is 4.95. The lowest BCUT2D eigenvalue weighted by Crippen LogP contribution is -2.33. The molecule has 1 aromatic carbocycles. The molecular formula is C21H23FN6O. The summed E-state index contributed by atoms with van der Waals surface area (Å²) < 4.78 is 13.3. The lowest BCUT2D eigenvalue weighted by atomic mass is 10.0. The van der Waals surface area contributed by atoms with E-state index >= 15 is 0 Å². The van der Waals surface area contributed by atoms with Gasteiger partial charge >= 0.3 is 0 Å². The number of nitrogens with zero attached hydrogens (tertiary/aromatic N) is 5. The van der Waals surface area contributed by atoms with E-state index in [0.29, 0.717) is 17.8 Å². The van der Waals surface area contributed by atoms with Gasteiger partial charge in [0.1, 0.15) is 0 Å². The summed E-state index contributed by atoms with van der Waals surface area (Å²) in [6, 6.07) is 10.1. The van der Waals surface area contributed by atoms with Crippen molar-refractivity contribution in [2.75, 3.05) is 23.7 Å². The highest BCUT2D eigenvalue weighted by atomic mass is 19.1. The van der Waals surface area contributed by atoms with Gasteiger partial charge in [-0.15, -0.1) is 0 Å². The fourth-order valence-electron chi connectivity index (χ4n) is 4.95. The van der Waals surface area contributed by atoms with Crippen LogP contribution in [0, 0.1) is 23.6 Å². The van der Waals surface area contributed by atoms with Gasteiger partial charge in [-0.2, -0.15) is 10.1 Å². The summed E-state index contributed by atoms with van der Waals surface area (Å²) in [5.74, 6) is 0.663. The van der Waals surface area contributed by atoms with Gasteiger partial charge in [0.15, 0.2) is 11.6 Å². The highest BCUT2D eigenvalue weighted by Crippen LogP contribution is 2.44. The molecule has 3 heterocycles. The Morgan fingerprint density at radius 2 is 1.86 bits per heavy atom. The van der Waals surface area contributed by atoms with Crippen LogP contribution in [0.25, 0.3) is 0 Å². The van der Waals surface area contributed by atoms with Gasteiger partial charge in [-0.25, -0.2) is 14.4 Å². The molecule has 0 radical (unpaired) electrons. The molecule has 150 valence electrons. The van der Waals surface area contributed by atoms with Gasteiger partial charge < -0.3 is 10.6 Å². The van der Waals surface area contributed by atoms with Gasteiger partial charge in [0.05, 0.1) is 12.2 Å². The molecule has 1 aliphatic carbocycles. The second-order valence-electron chi connectivity index (χ2n) is 8.14. The Kier molecular flexibility index (Phi) is 4.41. The lowest BCUT2D eigenvalue weighted by molar-refractivity contribution is -0.137. The maximum atomic E-state index is 13.3. The zero-order valence-corrected chi connectivity index (χ0v) is 16.0. The average Bonchev–Trinajstić information content (AvgIpc) is 3.45. The minimum atomic E-state index is -0.599. The number of nitrogens with two attached hydrogens (primary N) is 1. The molecule has 1 saturated carbocycles. The van der Waals surface area contributed by atoms with E-state index in [9.17, 15) is 9.18 Å². The highest BCUT2D eigenvalue weighted by Gasteiger charge is 2.46. The molecule has 2 fully saturated rings. The number of aromatic nitrogens is 2. The average molecular weight is 394 g/mol. The molecule has 1 amide bonds. The molecule has 0 unspecified atom stereocenters. The second-order valence-corrected chi connectivity index (χ2v) is 8.14. The Balaban J connectivity index is 1.25. The number of hydrazone groups is 1. The number of carbonyl (C=O) groups is 1. The molecule has 2 N–H and O–H groups in total. The SMILES string of the molecule is Nc1nc(N2C[C@H]3C[C@H](C(=O)N4N=CC[C@@H]4c4ccccc4)C[C@H]3C2)ncc1F. The van der Waals surface area contributed by atoms with Crippen LogP contribution >= 0.6 is 0 Å². The Morgan fingerprint density at radius 1 is 1.14 bits per heavy atom. The molecule has 2 aliphatic heterocycles. The number of nitrogen functional groups attached to an aromatic ring is 1. The topological polar surface area (TPSA) is 87.7 Å². The number of hydrogen-bond acceptors (Lipinski definition) is 6. The Morgan fingerprint density at radius 3 is 2.55 bits per heavy atom. The highest BCUT2D eigenvalue weighted by molar-refractivity contribution is 5.82. The molecular weight excluding hydrogens is 371 g/mol. The summed E-state index contributed by atoms with van der Waals surface area (Å²) in [4.78, 5) is 23.4. The molecule has 1 saturated heterocycles. The smallest absolute Gasteiger partial charge is 0.246 e. The van der Waals surface area contributed by atoms with Crippen LogP contribution in [0.2, 0.25) is 0 Å². The summed E-state index contributed by atoms with van der Waals surface area (Å²) >= 11 is 0. The van der Waals surface area contributed by atoms with E-state index in [1.807, 2.05) is 29.3 Å². The van der Waals surface area contributed by atoms with Crippen LogP contribution in [0.4, 0.5) is 16.2 Å². The molecule has 0 spiro atoms. The molecule has 5 rings (SSSR count). The molecule has 7 nitrogen and oxygen atoms in total. The first-order valence-corrected chi connectivity index (χ1v) is 10.0. The third-order valence-corrected chi connectivity index (χ3v) is 6.38. The van der Waals surface area contributed by atoms with E-state index < -0.39 is 5.82 Å². The summed E-state index contributed by atoms with van der Waals surface area (Å²) in [6.45, 7) is 1.54. The second kappa shape index (κ2) is 7.09. The number of amides is 1. The van der Waals surface area contributed by atoms with E-state index in [1.54, 1.807) is 5.01 Å². The van der Waals surface area contributed by atoms with Crippen molar-refractivity contribution in [3.63, 3.8) is 0 Å². The zero-order chi connectivity index (χ0) is 20.0. The number of rotatable bonds is 3. The van der Waals surface area contributed by atoms with Crippen LogP contribution < -0.4 is 10.6 Å². The van der Waals surface area contributed by atoms with E-state index in [0.717, 1.165) is 44.1 Å². The number of benzene rings is 1. The van der Waals surface area contributed by atoms with Crippen LogP contribution in [0.15, 0.2) is 41.6 Å². The maximum Gasteiger partial charge on any atom is 0.246 e. The van der Waals surface area contributed by atoms with Crippen molar-refractivity contribution >= 4 is 23.9 Å². The quantitative estimate of drug-likeness (QED) is 0.865. The number of anilines is 2. The summed E-state index contributed by atoms with van der Waals surface area (Å²) in [5, 5.41) is 6.07. The van der Waals surface area contributed by atoms with Gasteiger partial charge in [0.25, 0.3) is 0 Å². The third kappa shape index (κ3) is 3.22. The minimum Gasteiger partial charge on any atom is -0.381 e. The minimum absolute atomic E-state index is 0.00349. The van der Waals surface area contributed by atoms with Crippen LogP contribution in [0.1, 0.15) is 30.9 Å². The summed E-state index contributed by atoms with van der Waals surface area (Å²) in [6.07, 6.45) is 5.39. The van der Waals surface area contributed by atoms with E-state index in [4.69, 9.17) is 5.73 Å². The van der Waals surface area contributed by atoms with Gasteiger partial charge in [0, 0.05) is 31.6 Å². The van der Waals surface area contributed by atoms with E-state index in [-0.39, 0.29) is 23.7 Å². The van der Waals surface area contributed by atoms with Gasteiger partial charge in [-0.3, -0.25) is 4.79 Å². The van der Waals surface area contributed by atoms with Crippen molar-refractivity contribution in [2.24, 2.45) is 22.9 Å². The normalized spacial score (nSPS) is 28.2. The number of fused-ring (bicyclic) bond motifs is 1. The Bertz CT molecular complexity index is 937. The van der Waals surface area contributed by atoms with Crippen LogP contribution in [0.3, 0.4) is 0 Å². The molecule has 4 atom stereocenters. The van der Waals surface area contributed by atoms with Crippen molar-refractivity contribution < 1.29 is 9.18 Å². The maximum absolute atomic E-state index is 13.3. The molecule has 2 aromatic rings. The van der Waals surface area contributed by atoms with E-state index in [1.165, 1.54) is 0 Å². The van der Waals surface area contributed by atoms with Crippen LogP contribution in [-0.4, -0.2) is 40.2 Å². The van der Waals surface area contributed by atoms with Crippen LogP contribution in [-0.2, 0) is 4.79 Å². The van der Waals surface area contributed by atoms with Crippen molar-refractivity contribution in [2.45, 2.75) is 25.3 Å². The molecule has 8 heteroatoms. The number of halogens is 1. The Hall–Kier alpha value is -3.03. The monoisotopic (exact) mass is 394 g/mol. The Labute approximate surface area is 168 Å². The van der Waals surface area contributed by atoms with Gasteiger partial charge in [-0.1, -0.05) is 30.3 Å². The number of hydrogen-bond donors (Lipinski definition) is 1. The first-order valence-electron chi connectivity index (χ1n) is 10.0. The predicted molar refractivity (Wildman–Crippen MR) is 107 cm³/mol. The molecule has 1 aromatic heterocycles. The molecule has 0 bridgehead atoms. The lowest BCUT2D eigenvalue weighted by Gasteiger charge is -2.26. The standard InChI is InChI=1S/C21H23FN6O/c22-17-10-24-21(26-19(17)23)27-11-15-8-14(9-16(15)12-27)20(29)28-18(6-7-25-28)13-4-2-1-3-5-13/h1-5,7,10,14-16,18H,6,8-9,11-12H2,(H2,23,24,26)/t14-,15+,16-,18-/m1/s1. The van der Waals surface area contributed by atoms with Gasteiger partial charge in [-0.05, 0) is 30.2 Å². The van der Waals surface area contributed by atoms with Crippen molar-refractivity contribution in [1.82, 2.24) is 15.0 Å².